The van der Waals surface area contributed by atoms with Crippen LogP contribution in [0.15, 0.2) is 42.5 Å². The number of hydrogen-bond donors (Lipinski definition) is 2. The van der Waals surface area contributed by atoms with Gasteiger partial charge < -0.3 is 15.4 Å². The van der Waals surface area contributed by atoms with E-state index in [-0.39, 0.29) is 23.8 Å². The summed E-state index contributed by atoms with van der Waals surface area (Å²) in [5.74, 6) is 0.411. The number of carbonyl (C=O) groups excluding carboxylic acids is 2. The molecule has 0 saturated carbocycles. The van der Waals surface area contributed by atoms with E-state index in [9.17, 15) is 9.59 Å². The lowest BCUT2D eigenvalue weighted by molar-refractivity contribution is -0.126. The number of anilines is 1. The van der Waals surface area contributed by atoms with Gasteiger partial charge in [-0.3, -0.25) is 9.59 Å². The Morgan fingerprint density at radius 1 is 1.15 bits per heavy atom. The molecule has 1 heterocycles. The first-order valence-corrected chi connectivity index (χ1v) is 8.87. The second kappa shape index (κ2) is 7.60. The van der Waals surface area contributed by atoms with Crippen molar-refractivity contribution in [3.8, 4) is 5.75 Å². The molecule has 0 saturated heterocycles. The Bertz CT molecular complexity index is 830. The number of benzene rings is 2. The zero-order valence-corrected chi connectivity index (χ0v) is 15.3. The summed E-state index contributed by atoms with van der Waals surface area (Å²) in [4.78, 5) is 24.7. The fourth-order valence-corrected chi connectivity index (χ4v) is 3.07. The summed E-state index contributed by atoms with van der Waals surface area (Å²) in [6, 6.07) is 13.1. The fourth-order valence-electron chi connectivity index (χ4n) is 3.07. The highest BCUT2D eigenvalue weighted by Crippen LogP contribution is 2.30. The van der Waals surface area contributed by atoms with Crippen LogP contribution in [0.3, 0.4) is 0 Å². The van der Waals surface area contributed by atoms with Gasteiger partial charge in [0.05, 0.1) is 5.92 Å². The minimum Gasteiger partial charge on any atom is -0.492 e. The van der Waals surface area contributed by atoms with E-state index < -0.39 is 0 Å². The van der Waals surface area contributed by atoms with Gasteiger partial charge in [-0.2, -0.15) is 0 Å². The molecule has 2 amide bonds. The Labute approximate surface area is 153 Å². The van der Waals surface area contributed by atoms with Crippen molar-refractivity contribution in [2.75, 3.05) is 11.9 Å². The van der Waals surface area contributed by atoms with Crippen molar-refractivity contribution in [2.45, 2.75) is 33.2 Å². The van der Waals surface area contributed by atoms with Crippen LogP contribution in [0.25, 0.3) is 0 Å². The lowest BCUT2D eigenvalue weighted by atomic mass is 9.95. The second-order valence-corrected chi connectivity index (χ2v) is 6.97. The van der Waals surface area contributed by atoms with Crippen molar-refractivity contribution >= 4 is 17.5 Å². The van der Waals surface area contributed by atoms with Crippen LogP contribution in [0.1, 0.15) is 35.3 Å². The van der Waals surface area contributed by atoms with Gasteiger partial charge in [-0.15, -0.1) is 0 Å². The van der Waals surface area contributed by atoms with Crippen LogP contribution in [-0.4, -0.2) is 24.5 Å². The van der Waals surface area contributed by atoms with Gasteiger partial charge in [0.25, 0.3) is 5.91 Å². The second-order valence-electron chi connectivity index (χ2n) is 6.97. The topological polar surface area (TPSA) is 67.4 Å². The highest BCUT2D eigenvalue weighted by Gasteiger charge is 2.26. The molecule has 0 aromatic heterocycles. The molecule has 0 aliphatic carbocycles. The summed E-state index contributed by atoms with van der Waals surface area (Å²) in [6.45, 7) is 6.16. The Morgan fingerprint density at radius 3 is 2.65 bits per heavy atom. The molecule has 1 aliphatic rings. The van der Waals surface area contributed by atoms with Gasteiger partial charge in [-0.05, 0) is 62.6 Å². The van der Waals surface area contributed by atoms with Crippen LogP contribution in [0.4, 0.5) is 5.69 Å². The third kappa shape index (κ3) is 4.04. The molecule has 5 heteroatoms. The number of hydrogen-bond acceptors (Lipinski definition) is 3. The Balaban J connectivity index is 1.74. The van der Waals surface area contributed by atoms with Crippen LogP contribution in [0.5, 0.6) is 5.75 Å². The van der Waals surface area contributed by atoms with Gasteiger partial charge in [0, 0.05) is 17.3 Å². The smallest absolute Gasteiger partial charge is 0.255 e. The molecule has 5 nitrogen and oxygen atoms in total. The first kappa shape index (κ1) is 18.0. The van der Waals surface area contributed by atoms with Gasteiger partial charge in [0.2, 0.25) is 5.91 Å². The third-order valence-electron chi connectivity index (χ3n) is 4.42. The molecule has 1 unspecified atom stereocenters. The summed E-state index contributed by atoms with van der Waals surface area (Å²) < 4.78 is 5.73. The van der Waals surface area contributed by atoms with E-state index in [0.29, 0.717) is 24.3 Å². The van der Waals surface area contributed by atoms with E-state index in [4.69, 9.17) is 4.74 Å². The number of amides is 2. The first-order valence-electron chi connectivity index (χ1n) is 8.87. The zero-order valence-electron chi connectivity index (χ0n) is 15.3. The van der Waals surface area contributed by atoms with Crippen LogP contribution < -0.4 is 15.4 Å². The van der Waals surface area contributed by atoms with Gasteiger partial charge in [-0.1, -0.05) is 18.2 Å². The molecular formula is C21H24N2O3. The molecule has 2 N–H and O–H groups in total. The summed E-state index contributed by atoms with van der Waals surface area (Å²) in [5, 5.41) is 5.86. The maximum Gasteiger partial charge on any atom is 0.255 e. The van der Waals surface area contributed by atoms with Crippen molar-refractivity contribution < 1.29 is 14.3 Å². The predicted molar refractivity (Wildman–Crippen MR) is 102 cm³/mol. The number of nitrogens with one attached hydrogen (secondary N) is 2. The molecule has 0 fully saturated rings. The third-order valence-corrected chi connectivity index (χ3v) is 4.42. The van der Waals surface area contributed by atoms with E-state index in [1.807, 2.05) is 57.2 Å². The monoisotopic (exact) mass is 352 g/mol. The van der Waals surface area contributed by atoms with E-state index >= 15 is 0 Å². The van der Waals surface area contributed by atoms with Gasteiger partial charge in [-0.25, -0.2) is 0 Å². The lowest BCUT2D eigenvalue weighted by Crippen LogP contribution is -2.40. The Morgan fingerprint density at radius 2 is 1.92 bits per heavy atom. The van der Waals surface area contributed by atoms with Gasteiger partial charge in [0.1, 0.15) is 12.4 Å². The molecule has 1 atom stereocenters. The van der Waals surface area contributed by atoms with Crippen molar-refractivity contribution in [1.82, 2.24) is 5.32 Å². The summed E-state index contributed by atoms with van der Waals surface area (Å²) in [7, 11) is 0. The molecule has 2 aromatic carbocycles. The van der Waals surface area contributed by atoms with Crippen molar-refractivity contribution in [3.05, 3.63) is 59.2 Å². The van der Waals surface area contributed by atoms with Gasteiger partial charge in [0.15, 0.2) is 0 Å². The van der Waals surface area contributed by atoms with E-state index in [1.54, 1.807) is 6.07 Å². The van der Waals surface area contributed by atoms with Crippen molar-refractivity contribution in [2.24, 2.45) is 5.92 Å². The normalized spacial score (nSPS) is 15.8. The lowest BCUT2D eigenvalue weighted by Gasteiger charge is -2.26. The number of fused-ring (bicyclic) bond motifs is 1. The van der Waals surface area contributed by atoms with Crippen molar-refractivity contribution in [3.63, 3.8) is 0 Å². The van der Waals surface area contributed by atoms with Crippen LogP contribution in [0.2, 0.25) is 0 Å². The standard InChI is InChI=1S/C21H24N2O3/c1-13(2)22-20(24)16-10-15-11-17(8-9-19(15)26-12-16)23-21(25)18-7-5-4-6-14(18)3/h4-9,11,13,16H,10,12H2,1-3H3,(H,22,24)(H,23,25). The number of carbonyl (C=O) groups is 2. The number of ether oxygens (including phenoxy) is 1. The minimum absolute atomic E-state index is 0.000000941. The maximum atomic E-state index is 12.5. The largest absolute Gasteiger partial charge is 0.492 e. The number of rotatable bonds is 4. The molecule has 2 aromatic rings. The highest BCUT2D eigenvalue weighted by atomic mass is 16.5. The maximum absolute atomic E-state index is 12.5. The van der Waals surface area contributed by atoms with Crippen LogP contribution >= 0.6 is 0 Å². The highest BCUT2D eigenvalue weighted by molar-refractivity contribution is 6.05. The zero-order chi connectivity index (χ0) is 18.7. The predicted octanol–water partition coefficient (Wildman–Crippen LogP) is 3.32. The molecule has 26 heavy (non-hydrogen) atoms. The van der Waals surface area contributed by atoms with Crippen LogP contribution in [0, 0.1) is 12.8 Å². The molecule has 3 rings (SSSR count). The molecule has 0 spiro atoms. The molecule has 0 bridgehead atoms. The average Bonchev–Trinajstić information content (AvgIpc) is 2.60. The summed E-state index contributed by atoms with van der Waals surface area (Å²) in [5.41, 5.74) is 3.21. The Hall–Kier alpha value is -2.82. The molecule has 1 aliphatic heterocycles. The summed E-state index contributed by atoms with van der Waals surface area (Å²) >= 11 is 0. The molecule has 0 radical (unpaired) electrons. The van der Waals surface area contributed by atoms with E-state index in [0.717, 1.165) is 16.9 Å². The van der Waals surface area contributed by atoms with E-state index in [2.05, 4.69) is 10.6 Å². The minimum atomic E-state index is -0.216. The van der Waals surface area contributed by atoms with Crippen LogP contribution in [-0.2, 0) is 11.2 Å². The Kier molecular flexibility index (Phi) is 5.26. The van der Waals surface area contributed by atoms with Gasteiger partial charge >= 0.3 is 0 Å². The first-order chi connectivity index (χ1) is 12.4. The summed E-state index contributed by atoms with van der Waals surface area (Å²) in [6.07, 6.45) is 0.599. The quantitative estimate of drug-likeness (QED) is 0.887. The average molecular weight is 352 g/mol. The molecular weight excluding hydrogens is 328 g/mol. The molecule has 136 valence electrons. The SMILES string of the molecule is Cc1ccccc1C(=O)Nc1ccc2c(c1)CC(C(=O)NC(C)C)CO2. The number of aryl methyl sites for hydroxylation is 1. The fraction of sp³-hybridized carbons (Fsp3) is 0.333. The van der Waals surface area contributed by atoms with Crippen molar-refractivity contribution in [1.29, 1.82) is 0 Å². The van der Waals surface area contributed by atoms with E-state index in [1.165, 1.54) is 0 Å².